The molecule has 1 fully saturated rings. The first-order chi connectivity index (χ1) is 14.0. The zero-order chi connectivity index (χ0) is 20.8. The van der Waals surface area contributed by atoms with E-state index < -0.39 is 0 Å². The molecular weight excluding hydrogens is 436 g/mol. The number of nitrogens with one attached hydrogen (secondary N) is 1. The monoisotopic (exact) mass is 460 g/mol. The minimum Gasteiger partial charge on any atom is -0.493 e. The van der Waals surface area contributed by atoms with E-state index in [0.717, 1.165) is 22.9 Å². The Bertz CT molecular complexity index is 879. The molecule has 0 unspecified atom stereocenters. The Morgan fingerprint density at radius 1 is 1.07 bits per heavy atom. The van der Waals surface area contributed by atoms with Crippen LogP contribution in [-0.2, 0) is 11.2 Å². The molecule has 29 heavy (non-hydrogen) atoms. The van der Waals surface area contributed by atoms with Crippen LogP contribution >= 0.6 is 15.9 Å². The first-order valence-corrected chi connectivity index (χ1v) is 10.3. The number of carbonyl (C=O) groups is 2. The molecule has 0 bridgehead atoms. The lowest BCUT2D eigenvalue weighted by Crippen LogP contribution is -2.46. The van der Waals surface area contributed by atoms with Crippen LogP contribution in [-0.4, -0.2) is 50.1 Å². The van der Waals surface area contributed by atoms with E-state index in [4.69, 9.17) is 9.47 Å². The molecule has 0 spiro atoms. The summed E-state index contributed by atoms with van der Waals surface area (Å²) in [5.41, 5.74) is 1.53. The van der Waals surface area contributed by atoms with Gasteiger partial charge in [-0.15, -0.1) is 0 Å². The van der Waals surface area contributed by atoms with Crippen molar-refractivity contribution in [2.45, 2.75) is 25.3 Å². The molecule has 1 N–H and O–H groups in total. The summed E-state index contributed by atoms with van der Waals surface area (Å²) >= 11 is 3.47. The minimum atomic E-state index is -0.0380. The van der Waals surface area contributed by atoms with Crippen LogP contribution in [0.4, 0.5) is 0 Å². The number of halogens is 1. The number of benzene rings is 2. The fourth-order valence-electron chi connectivity index (χ4n) is 3.47. The van der Waals surface area contributed by atoms with E-state index in [1.54, 1.807) is 32.4 Å². The van der Waals surface area contributed by atoms with E-state index in [0.29, 0.717) is 36.6 Å². The summed E-state index contributed by atoms with van der Waals surface area (Å²) in [6, 6.07) is 13.0. The quantitative estimate of drug-likeness (QED) is 0.716. The molecule has 7 heteroatoms. The van der Waals surface area contributed by atoms with Crippen LogP contribution in [0, 0.1) is 0 Å². The molecule has 6 nitrogen and oxygen atoms in total. The topological polar surface area (TPSA) is 67.9 Å². The van der Waals surface area contributed by atoms with Crippen molar-refractivity contribution >= 4 is 27.7 Å². The lowest BCUT2D eigenvalue weighted by molar-refractivity contribution is -0.121. The Hall–Kier alpha value is -2.54. The summed E-state index contributed by atoms with van der Waals surface area (Å²) in [5.74, 6) is 1.09. The lowest BCUT2D eigenvalue weighted by atomic mass is 10.0. The smallest absolute Gasteiger partial charge is 0.253 e. The van der Waals surface area contributed by atoms with Gasteiger partial charge in [0.2, 0.25) is 5.91 Å². The summed E-state index contributed by atoms with van der Waals surface area (Å²) in [6.45, 7) is 1.21. The van der Waals surface area contributed by atoms with E-state index in [9.17, 15) is 9.59 Å². The van der Waals surface area contributed by atoms with Gasteiger partial charge in [-0.3, -0.25) is 9.59 Å². The van der Waals surface area contributed by atoms with Crippen LogP contribution < -0.4 is 14.8 Å². The fraction of sp³-hybridized carbons (Fsp3) is 0.364. The van der Waals surface area contributed by atoms with Crippen molar-refractivity contribution in [1.82, 2.24) is 10.2 Å². The number of amides is 2. The van der Waals surface area contributed by atoms with Gasteiger partial charge in [-0.05, 0) is 42.7 Å². The first-order valence-electron chi connectivity index (χ1n) is 9.56. The highest BCUT2D eigenvalue weighted by Crippen LogP contribution is 2.28. The molecule has 2 aromatic rings. The number of hydrogen-bond acceptors (Lipinski definition) is 4. The van der Waals surface area contributed by atoms with Gasteiger partial charge in [-0.2, -0.15) is 0 Å². The molecule has 2 amide bonds. The minimum absolute atomic E-state index is 0.00145. The van der Waals surface area contributed by atoms with Gasteiger partial charge in [0.25, 0.3) is 5.91 Å². The Morgan fingerprint density at radius 2 is 1.76 bits per heavy atom. The average Bonchev–Trinajstić information content (AvgIpc) is 2.75. The summed E-state index contributed by atoms with van der Waals surface area (Å²) in [5, 5.41) is 3.09. The maximum atomic E-state index is 12.8. The standard InChI is InChI=1S/C22H25BrN2O4/c1-28-19-8-7-16(13-20(19)29-2)22(27)25-11-9-17(10-12-25)24-21(26)14-15-5-3-4-6-18(15)23/h3-8,13,17H,9-12,14H2,1-2H3,(H,24,26). The third-order valence-corrected chi connectivity index (χ3v) is 5.86. The van der Waals surface area contributed by atoms with Gasteiger partial charge < -0.3 is 19.7 Å². The van der Waals surface area contributed by atoms with Crippen molar-refractivity contribution in [2.24, 2.45) is 0 Å². The van der Waals surface area contributed by atoms with E-state index in [1.807, 2.05) is 29.2 Å². The van der Waals surface area contributed by atoms with Crippen molar-refractivity contribution < 1.29 is 19.1 Å². The Morgan fingerprint density at radius 3 is 2.41 bits per heavy atom. The summed E-state index contributed by atoms with van der Waals surface area (Å²) in [7, 11) is 3.11. The molecule has 0 aromatic heterocycles. The second-order valence-electron chi connectivity index (χ2n) is 6.97. The maximum absolute atomic E-state index is 12.8. The molecule has 1 aliphatic heterocycles. The van der Waals surface area contributed by atoms with Crippen LogP contribution in [0.25, 0.3) is 0 Å². The van der Waals surface area contributed by atoms with Gasteiger partial charge in [0.05, 0.1) is 20.6 Å². The number of hydrogen-bond donors (Lipinski definition) is 1. The van der Waals surface area contributed by atoms with Crippen molar-refractivity contribution in [3.63, 3.8) is 0 Å². The Balaban J connectivity index is 1.53. The molecule has 0 saturated carbocycles. The number of carbonyl (C=O) groups excluding carboxylic acids is 2. The molecule has 1 heterocycles. The van der Waals surface area contributed by atoms with Crippen molar-refractivity contribution in [2.75, 3.05) is 27.3 Å². The lowest BCUT2D eigenvalue weighted by Gasteiger charge is -2.32. The predicted octanol–water partition coefficient (Wildman–Crippen LogP) is 3.43. The van der Waals surface area contributed by atoms with E-state index in [-0.39, 0.29) is 17.9 Å². The number of piperidine rings is 1. The Labute approximate surface area is 179 Å². The molecule has 1 aliphatic rings. The summed E-state index contributed by atoms with van der Waals surface area (Å²) < 4.78 is 11.4. The number of likely N-dealkylation sites (tertiary alicyclic amines) is 1. The average molecular weight is 461 g/mol. The van der Waals surface area contributed by atoms with E-state index >= 15 is 0 Å². The second kappa shape index (κ2) is 9.78. The normalized spacial score (nSPS) is 14.4. The van der Waals surface area contributed by atoms with Gasteiger partial charge in [0.15, 0.2) is 11.5 Å². The van der Waals surface area contributed by atoms with Gasteiger partial charge >= 0.3 is 0 Å². The summed E-state index contributed by atoms with van der Waals surface area (Å²) in [6.07, 6.45) is 1.81. The van der Waals surface area contributed by atoms with Crippen LogP contribution in [0.1, 0.15) is 28.8 Å². The van der Waals surface area contributed by atoms with Crippen LogP contribution in [0.5, 0.6) is 11.5 Å². The van der Waals surface area contributed by atoms with E-state index in [1.165, 1.54) is 0 Å². The number of rotatable bonds is 6. The second-order valence-corrected chi connectivity index (χ2v) is 7.83. The molecule has 1 saturated heterocycles. The molecule has 0 radical (unpaired) electrons. The molecule has 0 atom stereocenters. The number of methoxy groups -OCH3 is 2. The fourth-order valence-corrected chi connectivity index (χ4v) is 3.90. The SMILES string of the molecule is COc1ccc(C(=O)N2CCC(NC(=O)Cc3ccccc3Br)CC2)cc1OC. The third-order valence-electron chi connectivity index (χ3n) is 5.09. The van der Waals surface area contributed by atoms with Crippen molar-refractivity contribution in [3.05, 3.63) is 58.1 Å². The van der Waals surface area contributed by atoms with Gasteiger partial charge in [0, 0.05) is 29.2 Å². The molecule has 0 aliphatic carbocycles. The molecule has 2 aromatic carbocycles. The van der Waals surface area contributed by atoms with E-state index in [2.05, 4.69) is 21.2 Å². The van der Waals surface area contributed by atoms with Crippen LogP contribution in [0.15, 0.2) is 46.9 Å². The maximum Gasteiger partial charge on any atom is 0.253 e. The van der Waals surface area contributed by atoms with Gasteiger partial charge in [0.1, 0.15) is 0 Å². The first kappa shape index (κ1) is 21.2. The number of nitrogens with zero attached hydrogens (tertiary/aromatic N) is 1. The number of ether oxygens (including phenoxy) is 2. The summed E-state index contributed by atoms with van der Waals surface area (Å²) in [4.78, 5) is 27.0. The third kappa shape index (κ3) is 5.29. The zero-order valence-electron chi connectivity index (χ0n) is 16.6. The van der Waals surface area contributed by atoms with Gasteiger partial charge in [-0.1, -0.05) is 34.1 Å². The molecule has 154 valence electrons. The highest BCUT2D eigenvalue weighted by Gasteiger charge is 2.25. The van der Waals surface area contributed by atoms with Gasteiger partial charge in [-0.25, -0.2) is 0 Å². The largest absolute Gasteiger partial charge is 0.493 e. The van der Waals surface area contributed by atoms with Crippen molar-refractivity contribution in [3.8, 4) is 11.5 Å². The zero-order valence-corrected chi connectivity index (χ0v) is 18.2. The highest BCUT2D eigenvalue weighted by atomic mass is 79.9. The molecule has 3 rings (SSSR count). The van der Waals surface area contributed by atoms with Crippen LogP contribution in [0.3, 0.4) is 0 Å². The predicted molar refractivity (Wildman–Crippen MR) is 114 cm³/mol. The highest BCUT2D eigenvalue weighted by molar-refractivity contribution is 9.10. The Kier molecular flexibility index (Phi) is 7.14. The van der Waals surface area contributed by atoms with Crippen LogP contribution in [0.2, 0.25) is 0 Å². The molecular formula is C22H25BrN2O4. The van der Waals surface area contributed by atoms with Crippen molar-refractivity contribution in [1.29, 1.82) is 0 Å².